The molecule has 2 aliphatic rings. The number of fused-ring (bicyclic) bond motifs is 1. The van der Waals surface area contributed by atoms with Gasteiger partial charge >= 0.3 is 6.09 Å². The highest BCUT2D eigenvalue weighted by Gasteiger charge is 2.27. The molecular formula is C19H26FN5O2. The highest BCUT2D eigenvalue weighted by atomic mass is 19.1. The Labute approximate surface area is 158 Å². The van der Waals surface area contributed by atoms with Gasteiger partial charge in [0.05, 0.1) is 6.20 Å². The first-order chi connectivity index (χ1) is 12.7. The number of halogens is 1. The highest BCUT2D eigenvalue weighted by molar-refractivity contribution is 5.97. The van der Waals surface area contributed by atoms with Gasteiger partial charge in [-0.05, 0) is 52.0 Å². The number of carbonyl (C=O) groups excluding carboxylic acids is 1. The number of ether oxygens (including phenoxy) is 1. The second kappa shape index (κ2) is 7.62. The van der Waals surface area contributed by atoms with Crippen LogP contribution in [0.4, 0.5) is 15.0 Å². The number of hydrogen-bond acceptors (Lipinski definition) is 5. The highest BCUT2D eigenvalue weighted by Crippen LogP contribution is 2.27. The predicted molar refractivity (Wildman–Crippen MR) is 102 cm³/mol. The van der Waals surface area contributed by atoms with Crippen molar-refractivity contribution in [3.63, 3.8) is 0 Å². The zero-order valence-electron chi connectivity index (χ0n) is 16.0. The van der Waals surface area contributed by atoms with Crippen LogP contribution in [0.1, 0.15) is 45.6 Å². The SMILES string of the molecule is CC(C)(C)OC(=O)N1CCC(/C=N/N2C(=N)CCc3cc(F)cnc32)CC1. The summed E-state index contributed by atoms with van der Waals surface area (Å²) >= 11 is 0. The number of aromatic nitrogens is 1. The molecule has 0 aromatic carbocycles. The molecule has 27 heavy (non-hydrogen) atoms. The molecule has 0 bridgehead atoms. The lowest BCUT2D eigenvalue weighted by atomic mass is 9.98. The van der Waals surface area contributed by atoms with E-state index >= 15 is 0 Å². The Kier molecular flexibility index (Phi) is 5.43. The molecule has 146 valence electrons. The zero-order valence-corrected chi connectivity index (χ0v) is 16.0. The van der Waals surface area contributed by atoms with E-state index in [1.165, 1.54) is 11.1 Å². The standard InChI is InChI=1S/C19H26FN5O2/c1-19(2,3)27-18(26)24-8-6-13(7-9-24)11-23-25-16(21)5-4-14-10-15(20)12-22-17(14)25/h10-13,21H,4-9H2,1-3H3/b21-16?,23-11+. The molecule has 0 unspecified atom stereocenters. The fourth-order valence-electron chi connectivity index (χ4n) is 3.18. The van der Waals surface area contributed by atoms with Gasteiger partial charge in [-0.1, -0.05) is 0 Å². The van der Waals surface area contributed by atoms with Crippen LogP contribution < -0.4 is 5.01 Å². The molecule has 8 heteroatoms. The van der Waals surface area contributed by atoms with Crippen molar-refractivity contribution in [3.05, 3.63) is 23.6 Å². The summed E-state index contributed by atoms with van der Waals surface area (Å²) in [4.78, 5) is 18.0. The fourth-order valence-corrected chi connectivity index (χ4v) is 3.18. The van der Waals surface area contributed by atoms with E-state index in [1.807, 2.05) is 27.0 Å². The van der Waals surface area contributed by atoms with Crippen molar-refractivity contribution in [2.24, 2.45) is 11.0 Å². The minimum Gasteiger partial charge on any atom is -0.444 e. The molecule has 1 N–H and O–H groups in total. The van der Waals surface area contributed by atoms with Crippen molar-refractivity contribution in [3.8, 4) is 0 Å². The summed E-state index contributed by atoms with van der Waals surface area (Å²) in [5.74, 6) is 0.710. The third kappa shape index (κ3) is 4.81. The summed E-state index contributed by atoms with van der Waals surface area (Å²) in [5.41, 5.74) is 0.270. The van der Waals surface area contributed by atoms with E-state index in [0.717, 1.165) is 24.6 Å². The Hall–Kier alpha value is -2.51. The Morgan fingerprint density at radius 3 is 2.74 bits per heavy atom. The van der Waals surface area contributed by atoms with Crippen molar-refractivity contribution >= 4 is 24.0 Å². The van der Waals surface area contributed by atoms with E-state index in [0.29, 0.717) is 37.6 Å². The molecule has 0 atom stereocenters. The molecule has 1 aromatic heterocycles. The third-order valence-electron chi connectivity index (χ3n) is 4.58. The summed E-state index contributed by atoms with van der Waals surface area (Å²) in [7, 11) is 0. The average molecular weight is 375 g/mol. The molecule has 0 saturated carbocycles. The number of pyridine rings is 1. The van der Waals surface area contributed by atoms with Crippen LogP contribution in [0.3, 0.4) is 0 Å². The maximum absolute atomic E-state index is 13.4. The lowest BCUT2D eigenvalue weighted by Crippen LogP contribution is -2.42. The van der Waals surface area contributed by atoms with Gasteiger partial charge in [0.15, 0.2) is 5.82 Å². The Balaban J connectivity index is 1.60. The van der Waals surface area contributed by atoms with Crippen molar-refractivity contribution < 1.29 is 13.9 Å². The van der Waals surface area contributed by atoms with E-state index in [9.17, 15) is 9.18 Å². The number of aryl methyl sites for hydroxylation is 1. The quantitative estimate of drug-likeness (QED) is 0.801. The van der Waals surface area contributed by atoms with Gasteiger partial charge in [0, 0.05) is 31.3 Å². The van der Waals surface area contributed by atoms with E-state index < -0.39 is 5.60 Å². The predicted octanol–water partition coefficient (Wildman–Crippen LogP) is 3.58. The van der Waals surface area contributed by atoms with Crippen LogP contribution in [-0.2, 0) is 11.2 Å². The topological polar surface area (TPSA) is 81.9 Å². The van der Waals surface area contributed by atoms with E-state index in [2.05, 4.69) is 10.1 Å². The van der Waals surface area contributed by atoms with Crippen molar-refractivity contribution in [1.29, 1.82) is 5.41 Å². The van der Waals surface area contributed by atoms with Crippen LogP contribution in [0.25, 0.3) is 0 Å². The molecule has 3 heterocycles. The normalized spacial score (nSPS) is 18.7. The van der Waals surface area contributed by atoms with Gasteiger partial charge in [0.25, 0.3) is 0 Å². The zero-order chi connectivity index (χ0) is 19.6. The first kappa shape index (κ1) is 19.3. The minimum atomic E-state index is -0.496. The van der Waals surface area contributed by atoms with Gasteiger partial charge in [-0.2, -0.15) is 5.10 Å². The number of nitrogens with zero attached hydrogens (tertiary/aromatic N) is 4. The monoisotopic (exact) mass is 375 g/mol. The number of piperidine rings is 1. The van der Waals surface area contributed by atoms with E-state index in [1.54, 1.807) is 4.90 Å². The second-order valence-electron chi connectivity index (χ2n) is 7.96. The number of likely N-dealkylation sites (tertiary alicyclic amines) is 1. The van der Waals surface area contributed by atoms with E-state index in [4.69, 9.17) is 10.1 Å². The van der Waals surface area contributed by atoms with Crippen LogP contribution in [0.15, 0.2) is 17.4 Å². The first-order valence-electron chi connectivity index (χ1n) is 9.27. The first-order valence-corrected chi connectivity index (χ1v) is 9.27. The van der Waals surface area contributed by atoms with Crippen LogP contribution in [0.2, 0.25) is 0 Å². The van der Waals surface area contributed by atoms with Crippen LogP contribution >= 0.6 is 0 Å². The molecule has 1 aromatic rings. The minimum absolute atomic E-state index is 0.210. The second-order valence-corrected chi connectivity index (χ2v) is 7.96. The summed E-state index contributed by atoms with van der Waals surface area (Å²) in [5, 5.41) is 14.1. The Morgan fingerprint density at radius 1 is 1.37 bits per heavy atom. The van der Waals surface area contributed by atoms with Crippen molar-refractivity contribution in [2.45, 2.75) is 52.1 Å². The average Bonchev–Trinajstić information content (AvgIpc) is 2.60. The Bertz CT molecular complexity index is 751. The van der Waals surface area contributed by atoms with Gasteiger partial charge in [0.2, 0.25) is 0 Å². The summed E-state index contributed by atoms with van der Waals surface area (Å²) in [6.07, 6.45) is 5.36. The molecule has 0 aliphatic carbocycles. The molecular weight excluding hydrogens is 349 g/mol. The largest absolute Gasteiger partial charge is 0.444 e. The lowest BCUT2D eigenvalue weighted by molar-refractivity contribution is 0.0203. The smallest absolute Gasteiger partial charge is 0.410 e. The number of rotatable bonds is 2. The number of anilines is 1. The molecule has 1 fully saturated rings. The van der Waals surface area contributed by atoms with Crippen LogP contribution in [0, 0.1) is 17.1 Å². The fraction of sp³-hybridized carbons (Fsp3) is 0.579. The lowest BCUT2D eigenvalue weighted by Gasteiger charge is -2.32. The number of amides is 1. The van der Waals surface area contributed by atoms with Crippen molar-refractivity contribution in [2.75, 3.05) is 18.1 Å². The number of carbonyl (C=O) groups is 1. The molecule has 7 nitrogen and oxygen atoms in total. The molecule has 1 amide bonds. The molecule has 0 spiro atoms. The maximum atomic E-state index is 13.4. The number of amidine groups is 1. The summed E-state index contributed by atoms with van der Waals surface area (Å²) in [6.45, 7) is 6.80. The summed E-state index contributed by atoms with van der Waals surface area (Å²) < 4.78 is 18.8. The van der Waals surface area contributed by atoms with E-state index in [-0.39, 0.29) is 17.8 Å². The van der Waals surface area contributed by atoms with Gasteiger partial charge in [-0.15, -0.1) is 0 Å². The molecule has 2 aliphatic heterocycles. The van der Waals surface area contributed by atoms with Gasteiger partial charge in [0.1, 0.15) is 17.3 Å². The van der Waals surface area contributed by atoms with Crippen molar-refractivity contribution in [1.82, 2.24) is 9.88 Å². The molecule has 1 saturated heterocycles. The van der Waals surface area contributed by atoms with Gasteiger partial charge in [-0.3, -0.25) is 5.41 Å². The summed E-state index contributed by atoms with van der Waals surface area (Å²) in [6, 6.07) is 1.45. The number of hydrogen-bond donors (Lipinski definition) is 1. The van der Waals surface area contributed by atoms with Crippen LogP contribution in [0.5, 0.6) is 0 Å². The van der Waals surface area contributed by atoms with Crippen LogP contribution in [-0.4, -0.2) is 46.7 Å². The van der Waals surface area contributed by atoms with Gasteiger partial charge < -0.3 is 9.64 Å². The molecule has 3 rings (SSSR count). The number of hydrazone groups is 1. The third-order valence-corrected chi connectivity index (χ3v) is 4.58. The Morgan fingerprint density at radius 2 is 2.07 bits per heavy atom. The maximum Gasteiger partial charge on any atom is 0.410 e. The molecule has 0 radical (unpaired) electrons. The van der Waals surface area contributed by atoms with Gasteiger partial charge in [-0.25, -0.2) is 19.2 Å². The number of nitrogens with one attached hydrogen (secondary N) is 1.